The fourth-order valence-corrected chi connectivity index (χ4v) is 0. The van der Waals surface area contributed by atoms with Crippen LogP contribution in [0.15, 0.2) is 0 Å². The third-order valence-corrected chi connectivity index (χ3v) is 0. The molecular formula is ClKO4Ti+2. The molecule has 0 N–H and O–H groups in total. The van der Waals surface area contributed by atoms with Crippen LogP contribution in [0.5, 0.6) is 0 Å². The Balaban J connectivity index is -0.0000000800. The van der Waals surface area contributed by atoms with Crippen LogP contribution in [-0.4, -0.2) is 0 Å². The Kier molecular flexibility index (Phi) is 15.3. The van der Waals surface area contributed by atoms with E-state index in [4.69, 9.17) is 18.6 Å². The summed E-state index contributed by atoms with van der Waals surface area (Å²) in [4.78, 5) is 0. The molecular weight excluding hydrogens is 186 g/mol. The van der Waals surface area contributed by atoms with Crippen molar-refractivity contribution >= 4 is 0 Å². The molecule has 7 heteroatoms. The number of rotatable bonds is 0. The van der Waals surface area contributed by atoms with Gasteiger partial charge in [-0.2, -0.15) is 0 Å². The zero-order chi connectivity index (χ0) is 4.50. The fraction of sp³-hybridized carbons (Fsp3) is 0. The number of halogens is 1. The Bertz CT molecular complexity index is 27.2. The molecule has 4 nitrogen and oxygen atoms in total. The first-order valence-electron chi connectivity index (χ1n) is 0.617. The van der Waals surface area contributed by atoms with Crippen molar-refractivity contribution < 1.29 is 102 Å². The second-order valence-corrected chi connectivity index (χ2v) is 1.13. The molecule has 0 heterocycles. The molecule has 0 amide bonds. The van der Waals surface area contributed by atoms with Crippen LogP contribution < -0.4 is 70.0 Å². The maximum Gasteiger partial charge on any atom is 2.00 e. The van der Waals surface area contributed by atoms with Crippen LogP contribution in [0.1, 0.15) is 0 Å². The molecule has 0 aliphatic carbocycles. The van der Waals surface area contributed by atoms with Gasteiger partial charge in [0.25, 0.3) is 0 Å². The average Bonchev–Trinajstić information content (AvgIpc) is 0.722. The van der Waals surface area contributed by atoms with Gasteiger partial charge in [0.15, 0.2) is 0 Å². The first-order chi connectivity index (χ1) is 2.00. The predicted octanol–water partition coefficient (Wildman–Crippen LogP) is -7.75. The average molecular weight is 186 g/mol. The molecule has 0 fully saturated rings. The first kappa shape index (κ1) is 16.2. The van der Waals surface area contributed by atoms with Crippen molar-refractivity contribution in [2.24, 2.45) is 0 Å². The second kappa shape index (κ2) is 6.60. The van der Waals surface area contributed by atoms with Gasteiger partial charge in [0, 0.05) is 0 Å². The maximum absolute atomic E-state index is 8.49. The minimum Gasteiger partial charge on any atom is -0.222 e. The van der Waals surface area contributed by atoms with E-state index in [1.165, 1.54) is 0 Å². The molecule has 0 saturated heterocycles. The summed E-state index contributed by atoms with van der Waals surface area (Å²) in [7, 11) is -4.94. The van der Waals surface area contributed by atoms with E-state index in [1.807, 2.05) is 0 Å². The van der Waals surface area contributed by atoms with Gasteiger partial charge in [-0.05, 0) is 0 Å². The molecule has 34 valence electrons. The summed E-state index contributed by atoms with van der Waals surface area (Å²) in [6.07, 6.45) is 0. The quantitative estimate of drug-likeness (QED) is 0.351. The van der Waals surface area contributed by atoms with Gasteiger partial charge in [0.2, 0.25) is 0 Å². The van der Waals surface area contributed by atoms with E-state index in [-0.39, 0.29) is 73.1 Å². The smallest absolute Gasteiger partial charge is 0.222 e. The maximum atomic E-state index is 8.49. The molecule has 0 radical (unpaired) electrons. The molecule has 0 unspecified atom stereocenters. The Morgan fingerprint density at radius 3 is 0.857 bits per heavy atom. The van der Waals surface area contributed by atoms with E-state index < -0.39 is 10.2 Å². The molecule has 0 aliphatic heterocycles. The van der Waals surface area contributed by atoms with Crippen molar-refractivity contribution in [3.63, 3.8) is 0 Å². The molecule has 7 heavy (non-hydrogen) atoms. The van der Waals surface area contributed by atoms with Crippen molar-refractivity contribution in [1.29, 1.82) is 0 Å². The van der Waals surface area contributed by atoms with Gasteiger partial charge in [-0.1, -0.05) is 0 Å². The molecule has 0 saturated carbocycles. The van der Waals surface area contributed by atoms with Crippen LogP contribution in [0.4, 0.5) is 0 Å². The molecule has 0 bridgehead atoms. The summed E-state index contributed by atoms with van der Waals surface area (Å²) < 4.78 is 34.0. The first-order valence-corrected chi connectivity index (χ1v) is 1.85. The van der Waals surface area contributed by atoms with Crippen molar-refractivity contribution in [2.75, 3.05) is 0 Å². The minimum atomic E-state index is -4.94. The molecule has 0 aromatic rings. The van der Waals surface area contributed by atoms with Gasteiger partial charge < -0.3 is 0 Å². The largest absolute Gasteiger partial charge is 2.00 e. The van der Waals surface area contributed by atoms with E-state index >= 15 is 0 Å². The van der Waals surface area contributed by atoms with Crippen LogP contribution in [0, 0.1) is 10.2 Å². The van der Waals surface area contributed by atoms with Gasteiger partial charge >= 0.3 is 73.1 Å². The summed E-state index contributed by atoms with van der Waals surface area (Å²) in [6.45, 7) is 0. The van der Waals surface area contributed by atoms with E-state index in [0.717, 1.165) is 0 Å². The Morgan fingerprint density at radius 2 is 0.857 bits per heavy atom. The second-order valence-electron chi connectivity index (χ2n) is 0.378. The topological polar surface area (TPSA) is 92.2 Å². The van der Waals surface area contributed by atoms with E-state index in [2.05, 4.69) is 0 Å². The zero-order valence-electron chi connectivity index (χ0n) is 3.51. The molecule has 0 aliphatic rings. The molecule has 0 aromatic carbocycles. The van der Waals surface area contributed by atoms with Crippen LogP contribution >= 0.6 is 0 Å². The number of hydrogen-bond acceptors (Lipinski definition) is 4. The van der Waals surface area contributed by atoms with Gasteiger partial charge in [-0.25, -0.2) is 18.6 Å². The van der Waals surface area contributed by atoms with Gasteiger partial charge in [-0.15, -0.1) is 10.2 Å². The van der Waals surface area contributed by atoms with E-state index in [0.29, 0.717) is 0 Å². The van der Waals surface area contributed by atoms with Crippen molar-refractivity contribution in [2.45, 2.75) is 0 Å². The fourth-order valence-electron chi connectivity index (χ4n) is 0. The molecule has 0 spiro atoms. The summed E-state index contributed by atoms with van der Waals surface area (Å²) in [5.41, 5.74) is 0. The van der Waals surface area contributed by atoms with E-state index in [1.54, 1.807) is 0 Å². The third kappa shape index (κ3) is 57.9. The Morgan fingerprint density at radius 1 is 0.857 bits per heavy atom. The van der Waals surface area contributed by atoms with Crippen LogP contribution in [-0.2, 0) is 21.7 Å². The number of hydrogen-bond donors (Lipinski definition) is 0. The zero-order valence-corrected chi connectivity index (χ0v) is 8.95. The third-order valence-electron chi connectivity index (χ3n) is 0. The van der Waals surface area contributed by atoms with E-state index in [9.17, 15) is 0 Å². The van der Waals surface area contributed by atoms with Crippen molar-refractivity contribution in [3.05, 3.63) is 0 Å². The van der Waals surface area contributed by atoms with Gasteiger partial charge in [0.1, 0.15) is 0 Å². The Hall–Kier alpha value is 2.48. The SMILES string of the molecule is [K+].[O-][Cl+3]([O-])([O-])[O-].[Ti+2]. The summed E-state index contributed by atoms with van der Waals surface area (Å²) in [5, 5.41) is 0. The van der Waals surface area contributed by atoms with Crippen molar-refractivity contribution in [3.8, 4) is 0 Å². The molecule has 0 aromatic heterocycles. The molecule has 0 rings (SSSR count). The van der Waals surface area contributed by atoms with Crippen LogP contribution in [0.25, 0.3) is 0 Å². The van der Waals surface area contributed by atoms with Crippen molar-refractivity contribution in [1.82, 2.24) is 0 Å². The monoisotopic (exact) mass is 186 g/mol. The van der Waals surface area contributed by atoms with Gasteiger partial charge in [-0.3, -0.25) is 0 Å². The minimum absolute atomic E-state index is 0. The summed E-state index contributed by atoms with van der Waals surface area (Å²) >= 11 is 0. The van der Waals surface area contributed by atoms with Crippen LogP contribution in [0.3, 0.4) is 0 Å². The normalized spacial score (nSPS) is 8.57. The predicted molar refractivity (Wildman–Crippen MR) is 0 cm³/mol. The van der Waals surface area contributed by atoms with Gasteiger partial charge in [0.05, 0.1) is 0 Å². The summed E-state index contributed by atoms with van der Waals surface area (Å²) in [5.74, 6) is 0. The Labute approximate surface area is 99.9 Å². The standard InChI is InChI=1S/ClHO4.K.Ti/c2-1(3,4)5;;/h(H,2,3,4,5);;/q;+1;+2/p-1. The molecule has 0 atom stereocenters. The van der Waals surface area contributed by atoms with Crippen LogP contribution in [0.2, 0.25) is 0 Å². The summed E-state index contributed by atoms with van der Waals surface area (Å²) in [6, 6.07) is 0.